The van der Waals surface area contributed by atoms with E-state index in [1.54, 1.807) is 0 Å². The summed E-state index contributed by atoms with van der Waals surface area (Å²) in [5.74, 6) is 0. The Labute approximate surface area is 200 Å². The Morgan fingerprint density at radius 3 is 1.88 bits per heavy atom. The fraction of sp³-hybridized carbons (Fsp3) is 0.538. The molecule has 0 radical (unpaired) electrons. The standard InChI is InChI=1S/C26H40O5Si2/c1-26(2,3)33(20-13-9-7-10-14-20,21-15-11-8-12-16-21)31-24-23(28)22(27)19-30-25(24)29-17-18-32(4,5)6/h7-16,22-25,27-28H,17-19H2,1-6H3/t22-,23+,24-,25-/m1/s1. The van der Waals surface area contributed by atoms with E-state index >= 15 is 0 Å². The van der Waals surface area contributed by atoms with E-state index < -0.39 is 41.0 Å². The van der Waals surface area contributed by atoms with Crippen molar-refractivity contribution in [3.63, 3.8) is 0 Å². The molecule has 1 aliphatic heterocycles. The molecule has 0 aromatic heterocycles. The van der Waals surface area contributed by atoms with Crippen LogP contribution in [0.2, 0.25) is 30.7 Å². The number of ether oxygens (including phenoxy) is 2. The third kappa shape index (κ3) is 6.03. The fourth-order valence-corrected chi connectivity index (χ4v) is 9.82. The Morgan fingerprint density at radius 2 is 1.42 bits per heavy atom. The van der Waals surface area contributed by atoms with Crippen LogP contribution in [-0.2, 0) is 13.9 Å². The smallest absolute Gasteiger partial charge is 0.261 e. The largest absolute Gasteiger partial charge is 0.396 e. The van der Waals surface area contributed by atoms with Gasteiger partial charge in [0, 0.05) is 14.7 Å². The molecule has 5 nitrogen and oxygen atoms in total. The molecule has 0 amide bonds. The minimum absolute atomic E-state index is 0.0272. The summed E-state index contributed by atoms with van der Waals surface area (Å²) in [5, 5.41) is 23.5. The normalized spacial score (nSPS) is 24.6. The van der Waals surface area contributed by atoms with Gasteiger partial charge >= 0.3 is 0 Å². The van der Waals surface area contributed by atoms with Gasteiger partial charge in [-0.05, 0) is 21.5 Å². The second kappa shape index (κ2) is 10.5. The van der Waals surface area contributed by atoms with Crippen molar-refractivity contribution in [1.29, 1.82) is 0 Å². The SMILES string of the molecule is CC(C)(C)[Si](O[C@H]1[C@H](OCC[Si](C)(C)C)OC[C@@H](O)[C@@H]1O)(c1ccccc1)c1ccccc1. The number of hydrogen-bond acceptors (Lipinski definition) is 5. The molecule has 0 aliphatic carbocycles. The number of benzene rings is 2. The first-order valence-electron chi connectivity index (χ1n) is 11.8. The van der Waals surface area contributed by atoms with Crippen LogP contribution in [-0.4, -0.2) is 64.4 Å². The third-order valence-electron chi connectivity index (χ3n) is 6.29. The van der Waals surface area contributed by atoms with E-state index in [2.05, 4.69) is 64.7 Å². The van der Waals surface area contributed by atoms with Crippen molar-refractivity contribution in [3.8, 4) is 0 Å². The minimum atomic E-state index is -2.95. The molecule has 1 heterocycles. The highest BCUT2D eigenvalue weighted by Gasteiger charge is 2.55. The summed E-state index contributed by atoms with van der Waals surface area (Å²) in [6.07, 6.45) is -3.66. The first kappa shape index (κ1) is 26.3. The van der Waals surface area contributed by atoms with Crippen LogP contribution in [0.3, 0.4) is 0 Å². The lowest BCUT2D eigenvalue weighted by Gasteiger charge is -2.48. The Morgan fingerprint density at radius 1 is 0.909 bits per heavy atom. The van der Waals surface area contributed by atoms with Crippen LogP contribution in [0.4, 0.5) is 0 Å². The average molecular weight is 489 g/mol. The van der Waals surface area contributed by atoms with E-state index in [4.69, 9.17) is 13.9 Å². The van der Waals surface area contributed by atoms with Gasteiger partial charge < -0.3 is 24.1 Å². The maximum atomic E-state index is 11.1. The molecule has 0 spiro atoms. The monoisotopic (exact) mass is 488 g/mol. The zero-order valence-corrected chi connectivity index (χ0v) is 22.8. The second-order valence-electron chi connectivity index (χ2n) is 11.2. The summed E-state index contributed by atoms with van der Waals surface area (Å²) in [5.41, 5.74) is 0. The van der Waals surface area contributed by atoms with E-state index in [1.807, 2.05) is 36.4 Å². The highest BCUT2D eigenvalue weighted by molar-refractivity contribution is 6.99. The topological polar surface area (TPSA) is 68.2 Å². The predicted molar refractivity (Wildman–Crippen MR) is 138 cm³/mol. The molecule has 2 aromatic carbocycles. The molecule has 1 fully saturated rings. The van der Waals surface area contributed by atoms with Crippen molar-refractivity contribution in [3.05, 3.63) is 60.7 Å². The van der Waals surface area contributed by atoms with Gasteiger partial charge in [-0.25, -0.2) is 0 Å². The van der Waals surface area contributed by atoms with Crippen molar-refractivity contribution >= 4 is 26.8 Å². The van der Waals surface area contributed by atoms with Gasteiger partial charge in [-0.15, -0.1) is 0 Å². The van der Waals surface area contributed by atoms with Crippen LogP contribution in [0.15, 0.2) is 60.7 Å². The second-order valence-corrected chi connectivity index (χ2v) is 21.1. The molecule has 0 saturated carbocycles. The quantitative estimate of drug-likeness (QED) is 0.558. The lowest BCUT2D eigenvalue weighted by molar-refractivity contribution is -0.263. The van der Waals surface area contributed by atoms with Gasteiger partial charge in [0.05, 0.1) is 6.61 Å². The summed E-state index contributed by atoms with van der Waals surface area (Å²) >= 11 is 0. The molecular weight excluding hydrogens is 448 g/mol. The maximum absolute atomic E-state index is 11.1. The summed E-state index contributed by atoms with van der Waals surface area (Å²) in [4.78, 5) is 0. The Bertz CT molecular complexity index is 824. The summed E-state index contributed by atoms with van der Waals surface area (Å²) in [7, 11) is -4.25. The molecule has 182 valence electrons. The highest BCUT2D eigenvalue weighted by atomic mass is 28.4. The summed E-state index contributed by atoms with van der Waals surface area (Å²) in [6, 6.07) is 21.5. The van der Waals surface area contributed by atoms with Gasteiger partial charge in [0.2, 0.25) is 0 Å². The molecule has 33 heavy (non-hydrogen) atoms. The van der Waals surface area contributed by atoms with Gasteiger partial charge in [0.1, 0.15) is 18.3 Å². The molecule has 0 unspecified atom stereocenters. The zero-order chi connectivity index (χ0) is 24.3. The van der Waals surface area contributed by atoms with Crippen LogP contribution >= 0.6 is 0 Å². The third-order valence-corrected chi connectivity index (χ3v) is 13.0. The van der Waals surface area contributed by atoms with E-state index in [0.717, 1.165) is 16.4 Å². The number of aliphatic hydroxyl groups is 2. The molecule has 0 bridgehead atoms. The molecule has 2 N–H and O–H groups in total. The summed E-state index contributed by atoms with van der Waals surface area (Å²) in [6.45, 7) is 14.0. The van der Waals surface area contributed by atoms with Crippen LogP contribution < -0.4 is 10.4 Å². The zero-order valence-electron chi connectivity index (χ0n) is 20.8. The molecule has 3 rings (SSSR count). The van der Waals surface area contributed by atoms with E-state index in [0.29, 0.717) is 6.61 Å². The van der Waals surface area contributed by atoms with Crippen LogP contribution in [0.5, 0.6) is 0 Å². The Kier molecular flexibility index (Phi) is 8.38. The Balaban J connectivity index is 2.05. The van der Waals surface area contributed by atoms with Gasteiger partial charge in [-0.2, -0.15) is 0 Å². The molecule has 2 aromatic rings. The van der Waals surface area contributed by atoms with Crippen molar-refractivity contribution in [2.24, 2.45) is 0 Å². The fourth-order valence-electron chi connectivity index (χ4n) is 4.41. The lowest BCUT2D eigenvalue weighted by Crippen LogP contribution is -2.71. The van der Waals surface area contributed by atoms with Crippen LogP contribution in [0, 0.1) is 0 Å². The lowest BCUT2D eigenvalue weighted by atomic mass is 10.1. The van der Waals surface area contributed by atoms with Crippen molar-refractivity contribution in [2.45, 2.75) is 76.1 Å². The molecular formula is C26H40O5Si2. The molecule has 1 saturated heterocycles. The highest BCUT2D eigenvalue weighted by Crippen LogP contribution is 2.39. The number of rotatable bonds is 8. The molecule has 7 heteroatoms. The summed E-state index contributed by atoms with van der Waals surface area (Å²) < 4.78 is 19.1. The predicted octanol–water partition coefficient (Wildman–Crippen LogP) is 3.36. The van der Waals surface area contributed by atoms with E-state index in [9.17, 15) is 10.2 Å². The van der Waals surface area contributed by atoms with Crippen molar-refractivity contribution in [1.82, 2.24) is 0 Å². The van der Waals surface area contributed by atoms with Crippen molar-refractivity contribution in [2.75, 3.05) is 13.2 Å². The minimum Gasteiger partial charge on any atom is -0.396 e. The Hall–Kier alpha value is -1.33. The van der Waals surface area contributed by atoms with Gasteiger partial charge in [0.15, 0.2) is 6.29 Å². The van der Waals surface area contributed by atoms with Gasteiger partial charge in [-0.1, -0.05) is 101 Å². The van der Waals surface area contributed by atoms with Gasteiger partial charge in [0.25, 0.3) is 8.32 Å². The number of aliphatic hydroxyl groups excluding tert-OH is 2. The maximum Gasteiger partial charge on any atom is 0.261 e. The number of hydrogen-bond donors (Lipinski definition) is 2. The van der Waals surface area contributed by atoms with Crippen molar-refractivity contribution < 1.29 is 24.1 Å². The average Bonchev–Trinajstić information content (AvgIpc) is 2.75. The molecule has 4 atom stereocenters. The van der Waals surface area contributed by atoms with Gasteiger partial charge in [-0.3, -0.25) is 0 Å². The van der Waals surface area contributed by atoms with Crippen LogP contribution in [0.1, 0.15) is 20.8 Å². The van der Waals surface area contributed by atoms with Crippen LogP contribution in [0.25, 0.3) is 0 Å². The first-order chi connectivity index (χ1) is 15.5. The van der Waals surface area contributed by atoms with E-state index in [-0.39, 0.29) is 11.6 Å². The first-order valence-corrected chi connectivity index (χ1v) is 17.5. The molecule has 1 aliphatic rings. The van der Waals surface area contributed by atoms with E-state index in [1.165, 1.54) is 0 Å².